The van der Waals surface area contributed by atoms with Gasteiger partial charge in [0.05, 0.1) is 0 Å². The average Bonchev–Trinajstić information content (AvgIpc) is 2.24. The molecule has 97 valence electrons. The molecule has 0 rings (SSSR count). The Morgan fingerprint density at radius 2 is 1.38 bits per heavy atom. The molecule has 0 aliphatic rings. The lowest BCUT2D eigenvalue weighted by Crippen LogP contribution is -2.38. The zero-order valence-electron chi connectivity index (χ0n) is 11.4. The monoisotopic (exact) mass is 245 g/mol. The fraction of sp³-hybridized carbons (Fsp3) is 0.923. The molecule has 2 nitrogen and oxygen atoms in total. The third-order valence-electron chi connectivity index (χ3n) is 2.78. The standard InChI is InChI=1S/C13H29O2Si/c1-5-8-9-10-11-12-13-16(4,14-6-2)15-7-3/h1,5-13H2,2-4H3. The van der Waals surface area contributed by atoms with Crippen LogP contribution in [0.4, 0.5) is 0 Å². The zero-order valence-corrected chi connectivity index (χ0v) is 12.4. The Balaban J connectivity index is 3.59. The molecule has 1 radical (unpaired) electrons. The quantitative estimate of drug-likeness (QED) is 0.399. The van der Waals surface area contributed by atoms with E-state index in [1.807, 2.05) is 0 Å². The van der Waals surface area contributed by atoms with Crippen LogP contribution in [-0.2, 0) is 8.85 Å². The second-order valence-electron chi connectivity index (χ2n) is 4.37. The minimum atomic E-state index is -1.83. The van der Waals surface area contributed by atoms with Gasteiger partial charge in [0.1, 0.15) is 0 Å². The first-order chi connectivity index (χ1) is 7.68. The summed E-state index contributed by atoms with van der Waals surface area (Å²) in [5, 5.41) is 0. The van der Waals surface area contributed by atoms with Crippen molar-refractivity contribution in [2.75, 3.05) is 13.2 Å². The first kappa shape index (κ1) is 16.1. The molecule has 0 amide bonds. The van der Waals surface area contributed by atoms with E-state index < -0.39 is 8.56 Å². The topological polar surface area (TPSA) is 18.5 Å². The van der Waals surface area contributed by atoms with Crippen molar-refractivity contribution in [2.45, 2.75) is 65.0 Å². The Labute approximate surface area is 103 Å². The summed E-state index contributed by atoms with van der Waals surface area (Å²) in [5.41, 5.74) is 0. The van der Waals surface area contributed by atoms with Crippen LogP contribution in [0, 0.1) is 6.92 Å². The van der Waals surface area contributed by atoms with E-state index in [1.165, 1.54) is 32.1 Å². The van der Waals surface area contributed by atoms with Crippen LogP contribution in [0.1, 0.15) is 52.4 Å². The van der Waals surface area contributed by atoms with Gasteiger partial charge in [-0.25, -0.2) is 0 Å². The molecule has 0 aromatic heterocycles. The molecule has 0 aliphatic heterocycles. The summed E-state index contributed by atoms with van der Waals surface area (Å²) < 4.78 is 11.6. The summed E-state index contributed by atoms with van der Waals surface area (Å²) in [6, 6.07) is 1.14. The molecule has 0 bridgehead atoms. The fourth-order valence-electron chi connectivity index (χ4n) is 1.95. The van der Waals surface area contributed by atoms with Crippen molar-refractivity contribution in [2.24, 2.45) is 0 Å². The summed E-state index contributed by atoms with van der Waals surface area (Å²) in [6.07, 6.45) is 7.56. The lowest BCUT2D eigenvalue weighted by atomic mass is 10.1. The van der Waals surface area contributed by atoms with Crippen molar-refractivity contribution in [1.82, 2.24) is 0 Å². The number of hydrogen-bond acceptors (Lipinski definition) is 2. The minimum Gasteiger partial charge on any atom is -0.395 e. The normalized spacial score (nSPS) is 12.0. The Bertz CT molecular complexity index is 145. The fourth-order valence-corrected chi connectivity index (χ4v) is 4.44. The van der Waals surface area contributed by atoms with Gasteiger partial charge in [-0.2, -0.15) is 0 Å². The van der Waals surface area contributed by atoms with Gasteiger partial charge in [-0.15, -0.1) is 0 Å². The molecule has 0 aromatic rings. The van der Waals surface area contributed by atoms with Crippen LogP contribution in [0.25, 0.3) is 0 Å². The molecule has 16 heavy (non-hydrogen) atoms. The highest BCUT2D eigenvalue weighted by atomic mass is 28.4. The van der Waals surface area contributed by atoms with E-state index in [4.69, 9.17) is 8.85 Å². The van der Waals surface area contributed by atoms with E-state index in [0.29, 0.717) is 0 Å². The van der Waals surface area contributed by atoms with Crippen molar-refractivity contribution in [3.05, 3.63) is 6.92 Å². The van der Waals surface area contributed by atoms with Crippen LogP contribution in [0.5, 0.6) is 0 Å². The maximum atomic E-state index is 5.80. The summed E-state index contributed by atoms with van der Waals surface area (Å²) in [4.78, 5) is 0. The van der Waals surface area contributed by atoms with E-state index in [0.717, 1.165) is 25.7 Å². The van der Waals surface area contributed by atoms with Crippen LogP contribution in [0.2, 0.25) is 12.6 Å². The largest absolute Gasteiger partial charge is 0.395 e. The van der Waals surface area contributed by atoms with E-state index in [2.05, 4.69) is 27.3 Å². The Morgan fingerprint density at radius 1 is 0.875 bits per heavy atom. The predicted molar refractivity (Wildman–Crippen MR) is 72.7 cm³/mol. The average molecular weight is 245 g/mol. The summed E-state index contributed by atoms with van der Waals surface area (Å²) in [5.74, 6) is 0. The highest BCUT2D eigenvalue weighted by Crippen LogP contribution is 2.18. The summed E-state index contributed by atoms with van der Waals surface area (Å²) >= 11 is 0. The van der Waals surface area contributed by atoms with Gasteiger partial charge in [0, 0.05) is 13.2 Å². The summed E-state index contributed by atoms with van der Waals surface area (Å²) in [6.45, 7) is 11.7. The van der Waals surface area contributed by atoms with Crippen molar-refractivity contribution in [3.63, 3.8) is 0 Å². The van der Waals surface area contributed by atoms with Gasteiger partial charge >= 0.3 is 8.56 Å². The van der Waals surface area contributed by atoms with Crippen LogP contribution in [-0.4, -0.2) is 21.8 Å². The van der Waals surface area contributed by atoms with E-state index in [9.17, 15) is 0 Å². The molecule has 0 aromatic carbocycles. The molecule has 0 atom stereocenters. The van der Waals surface area contributed by atoms with Crippen LogP contribution in [0.3, 0.4) is 0 Å². The minimum absolute atomic E-state index is 0.782. The number of unbranched alkanes of at least 4 members (excludes halogenated alkanes) is 5. The van der Waals surface area contributed by atoms with Gasteiger partial charge < -0.3 is 8.85 Å². The molecular formula is C13H29O2Si. The molecule has 0 spiro atoms. The highest BCUT2D eigenvalue weighted by Gasteiger charge is 2.29. The zero-order chi connectivity index (χ0) is 12.3. The van der Waals surface area contributed by atoms with E-state index in [-0.39, 0.29) is 0 Å². The van der Waals surface area contributed by atoms with E-state index >= 15 is 0 Å². The molecular weight excluding hydrogens is 216 g/mol. The lowest BCUT2D eigenvalue weighted by molar-refractivity contribution is 0.188. The lowest BCUT2D eigenvalue weighted by Gasteiger charge is -2.25. The first-order valence-corrected chi connectivity index (χ1v) is 9.28. The van der Waals surface area contributed by atoms with Crippen molar-refractivity contribution in [1.29, 1.82) is 0 Å². The van der Waals surface area contributed by atoms with Gasteiger partial charge in [-0.05, 0) is 26.4 Å². The van der Waals surface area contributed by atoms with Crippen LogP contribution < -0.4 is 0 Å². The second-order valence-corrected chi connectivity index (χ2v) is 7.72. The molecule has 0 N–H and O–H groups in total. The van der Waals surface area contributed by atoms with Crippen molar-refractivity contribution >= 4 is 8.56 Å². The number of rotatable bonds is 11. The molecule has 0 aliphatic carbocycles. The van der Waals surface area contributed by atoms with Gasteiger partial charge in [0.2, 0.25) is 0 Å². The van der Waals surface area contributed by atoms with Crippen LogP contribution in [0.15, 0.2) is 0 Å². The third kappa shape index (κ3) is 8.31. The molecule has 0 saturated heterocycles. The maximum Gasteiger partial charge on any atom is 0.334 e. The maximum absolute atomic E-state index is 5.80. The highest BCUT2D eigenvalue weighted by molar-refractivity contribution is 6.66. The van der Waals surface area contributed by atoms with Gasteiger partial charge in [-0.3, -0.25) is 0 Å². The molecule has 0 heterocycles. The van der Waals surface area contributed by atoms with Gasteiger partial charge in [-0.1, -0.05) is 45.4 Å². The molecule has 0 fully saturated rings. The number of hydrogen-bond donors (Lipinski definition) is 0. The molecule has 0 unspecified atom stereocenters. The first-order valence-electron chi connectivity index (χ1n) is 6.75. The Morgan fingerprint density at radius 3 is 1.88 bits per heavy atom. The molecule has 0 saturated carbocycles. The second kappa shape index (κ2) is 10.3. The van der Waals surface area contributed by atoms with E-state index in [1.54, 1.807) is 0 Å². The van der Waals surface area contributed by atoms with Crippen LogP contribution >= 0.6 is 0 Å². The SMILES string of the molecule is [CH2]CCCCCCC[Si](C)(OCC)OCC. The van der Waals surface area contributed by atoms with Gasteiger partial charge in [0.25, 0.3) is 0 Å². The smallest absolute Gasteiger partial charge is 0.334 e. The third-order valence-corrected chi connectivity index (χ3v) is 5.84. The summed E-state index contributed by atoms with van der Waals surface area (Å²) in [7, 11) is -1.83. The van der Waals surface area contributed by atoms with Crippen molar-refractivity contribution < 1.29 is 8.85 Å². The van der Waals surface area contributed by atoms with Gasteiger partial charge in [0.15, 0.2) is 0 Å². The van der Waals surface area contributed by atoms with Crippen molar-refractivity contribution in [3.8, 4) is 0 Å². The Hall–Kier alpha value is 0.137. The predicted octanol–water partition coefficient (Wildman–Crippen LogP) is 4.31. The molecule has 3 heteroatoms. The Kier molecular flexibility index (Phi) is 10.4.